The number of nitrogens with one attached hydrogen (secondary N) is 3. The maximum atomic E-state index is 12.5. The monoisotopic (exact) mass is 403 g/mol. The summed E-state index contributed by atoms with van der Waals surface area (Å²) >= 11 is 5.81. The number of rotatable bonds is 8. The van der Waals surface area contributed by atoms with Gasteiger partial charge in [0.1, 0.15) is 0 Å². The van der Waals surface area contributed by atoms with Gasteiger partial charge in [0, 0.05) is 30.8 Å². The van der Waals surface area contributed by atoms with E-state index in [0.29, 0.717) is 36.7 Å². The summed E-state index contributed by atoms with van der Waals surface area (Å²) in [5, 5.41) is 9.66. The molecule has 1 saturated heterocycles. The third kappa shape index (κ3) is 6.76. The molecule has 1 heterocycles. The lowest BCUT2D eigenvalue weighted by Gasteiger charge is -2.35. The number of piperidine rings is 1. The molecule has 6 nitrogen and oxygen atoms in total. The largest absolute Gasteiger partial charge is 0.384 e. The van der Waals surface area contributed by atoms with E-state index in [1.165, 1.54) is 0 Å². The van der Waals surface area contributed by atoms with Crippen molar-refractivity contribution in [2.24, 2.45) is 5.41 Å². The molecule has 146 valence electrons. The third-order valence-electron chi connectivity index (χ3n) is 4.46. The molecule has 0 radical (unpaired) electrons. The van der Waals surface area contributed by atoms with Crippen LogP contribution in [0.1, 0.15) is 25.7 Å². The lowest BCUT2D eigenvalue weighted by Crippen LogP contribution is -2.50. The summed E-state index contributed by atoms with van der Waals surface area (Å²) in [5.41, 5.74) is 0.262. The Morgan fingerprint density at radius 2 is 1.88 bits per heavy atom. The molecule has 0 bridgehead atoms. The molecule has 1 aromatic carbocycles. The molecule has 1 aliphatic heterocycles. The first-order valence-corrected chi connectivity index (χ1v) is 8.97. The van der Waals surface area contributed by atoms with Gasteiger partial charge in [-0.25, -0.2) is 0 Å². The molecule has 3 N–H and O–H groups in total. The van der Waals surface area contributed by atoms with Crippen LogP contribution < -0.4 is 16.0 Å². The molecular weight excluding hydrogens is 377 g/mol. The Balaban J connectivity index is 0.00000338. The van der Waals surface area contributed by atoms with Crippen LogP contribution in [0.4, 0.5) is 5.69 Å². The van der Waals surface area contributed by atoms with Crippen molar-refractivity contribution in [3.63, 3.8) is 0 Å². The van der Waals surface area contributed by atoms with Crippen molar-refractivity contribution in [3.8, 4) is 0 Å². The molecule has 1 aromatic rings. The van der Waals surface area contributed by atoms with Crippen molar-refractivity contribution >= 4 is 41.5 Å². The maximum absolute atomic E-state index is 12.5. The van der Waals surface area contributed by atoms with Gasteiger partial charge in [-0.15, -0.1) is 12.4 Å². The molecule has 8 heteroatoms. The lowest BCUT2D eigenvalue weighted by atomic mass is 9.78. The molecule has 0 spiro atoms. The number of carbonyl (C=O) groups is 2. The van der Waals surface area contributed by atoms with Crippen molar-refractivity contribution < 1.29 is 14.3 Å². The van der Waals surface area contributed by atoms with E-state index in [4.69, 9.17) is 16.3 Å². The van der Waals surface area contributed by atoms with E-state index in [9.17, 15) is 9.59 Å². The topological polar surface area (TPSA) is 79.5 Å². The molecule has 2 rings (SSSR count). The summed E-state index contributed by atoms with van der Waals surface area (Å²) in [6.07, 6.45) is 2.47. The van der Waals surface area contributed by atoms with Gasteiger partial charge in [0.2, 0.25) is 11.8 Å². The summed E-state index contributed by atoms with van der Waals surface area (Å²) < 4.78 is 5.26. The Morgan fingerprint density at radius 1 is 1.23 bits per heavy atom. The third-order valence-corrected chi connectivity index (χ3v) is 4.71. The zero-order valence-corrected chi connectivity index (χ0v) is 16.5. The van der Waals surface area contributed by atoms with E-state index >= 15 is 0 Å². The Labute approximate surface area is 165 Å². The second-order valence-electron chi connectivity index (χ2n) is 6.38. The van der Waals surface area contributed by atoms with Crippen LogP contribution in [0.3, 0.4) is 0 Å². The minimum absolute atomic E-state index is 0. The average Bonchev–Trinajstić information content (AvgIpc) is 2.61. The van der Waals surface area contributed by atoms with Gasteiger partial charge in [-0.2, -0.15) is 0 Å². The SMILES string of the molecule is COCC1(C(=O)NCCCC(=O)Nc2ccc(Cl)cc2)CCNCC1.Cl. The summed E-state index contributed by atoms with van der Waals surface area (Å²) in [6.45, 7) is 2.55. The average molecular weight is 404 g/mol. The highest BCUT2D eigenvalue weighted by Crippen LogP contribution is 2.29. The fourth-order valence-electron chi connectivity index (χ4n) is 3.01. The minimum Gasteiger partial charge on any atom is -0.384 e. The summed E-state index contributed by atoms with van der Waals surface area (Å²) in [4.78, 5) is 24.5. The smallest absolute Gasteiger partial charge is 0.228 e. The van der Waals surface area contributed by atoms with Crippen molar-refractivity contribution in [1.82, 2.24) is 10.6 Å². The number of amides is 2. The van der Waals surface area contributed by atoms with Gasteiger partial charge in [0.25, 0.3) is 0 Å². The van der Waals surface area contributed by atoms with E-state index in [-0.39, 0.29) is 24.2 Å². The molecule has 1 aliphatic rings. The number of methoxy groups -OCH3 is 1. The molecular formula is C18H27Cl2N3O3. The molecule has 0 atom stereocenters. The minimum atomic E-state index is -0.453. The molecule has 0 aliphatic carbocycles. The molecule has 0 saturated carbocycles. The Bertz CT molecular complexity index is 570. The van der Waals surface area contributed by atoms with Crippen LogP contribution in [-0.4, -0.2) is 45.2 Å². The van der Waals surface area contributed by atoms with E-state index in [1.807, 2.05) is 0 Å². The fourth-order valence-corrected chi connectivity index (χ4v) is 3.14. The van der Waals surface area contributed by atoms with E-state index in [1.54, 1.807) is 31.4 Å². The normalized spacial score (nSPS) is 15.6. The molecule has 0 aromatic heterocycles. The highest BCUT2D eigenvalue weighted by atomic mass is 35.5. The second-order valence-corrected chi connectivity index (χ2v) is 6.81. The second kappa shape index (κ2) is 11.4. The molecule has 2 amide bonds. The van der Waals surface area contributed by atoms with Gasteiger partial charge in [-0.1, -0.05) is 11.6 Å². The predicted octanol–water partition coefficient (Wildman–Crippen LogP) is 2.61. The number of anilines is 1. The van der Waals surface area contributed by atoms with Crippen LogP contribution in [0.5, 0.6) is 0 Å². The maximum Gasteiger partial charge on any atom is 0.228 e. The van der Waals surface area contributed by atoms with Crippen LogP contribution in [0, 0.1) is 5.41 Å². The van der Waals surface area contributed by atoms with Gasteiger partial charge in [-0.05, 0) is 56.6 Å². The predicted molar refractivity (Wildman–Crippen MR) is 106 cm³/mol. The number of hydrogen-bond donors (Lipinski definition) is 3. The first-order valence-electron chi connectivity index (χ1n) is 8.59. The lowest BCUT2D eigenvalue weighted by molar-refractivity contribution is -0.136. The number of benzene rings is 1. The molecule has 0 unspecified atom stereocenters. The first-order chi connectivity index (χ1) is 12.1. The van der Waals surface area contributed by atoms with Gasteiger partial charge in [0.05, 0.1) is 12.0 Å². The van der Waals surface area contributed by atoms with E-state index in [0.717, 1.165) is 25.9 Å². The fraction of sp³-hybridized carbons (Fsp3) is 0.556. The summed E-state index contributed by atoms with van der Waals surface area (Å²) in [7, 11) is 1.62. The highest BCUT2D eigenvalue weighted by molar-refractivity contribution is 6.30. The molecule has 1 fully saturated rings. The summed E-state index contributed by atoms with van der Waals surface area (Å²) in [6, 6.07) is 6.97. The quantitative estimate of drug-likeness (QED) is 0.582. The Hall–Kier alpha value is -1.34. The van der Waals surface area contributed by atoms with Gasteiger partial charge >= 0.3 is 0 Å². The van der Waals surface area contributed by atoms with Gasteiger partial charge < -0.3 is 20.7 Å². The van der Waals surface area contributed by atoms with E-state index in [2.05, 4.69) is 16.0 Å². The Kier molecular flexibility index (Phi) is 9.94. The summed E-state index contributed by atoms with van der Waals surface area (Å²) in [5.74, 6) is -0.0565. The number of hydrogen-bond acceptors (Lipinski definition) is 4. The molecule has 26 heavy (non-hydrogen) atoms. The van der Waals surface area contributed by atoms with Crippen molar-refractivity contribution in [2.75, 3.05) is 38.7 Å². The van der Waals surface area contributed by atoms with Crippen LogP contribution in [-0.2, 0) is 14.3 Å². The van der Waals surface area contributed by atoms with Gasteiger partial charge in [0.15, 0.2) is 0 Å². The number of ether oxygens (including phenoxy) is 1. The standard InChI is InChI=1S/C18H26ClN3O3.ClH/c1-25-13-18(8-11-20-12-9-18)17(24)21-10-2-3-16(23)22-15-6-4-14(19)5-7-15;/h4-7,20H,2-3,8-13H2,1H3,(H,21,24)(H,22,23);1H. The number of carbonyl (C=O) groups excluding carboxylic acids is 2. The Morgan fingerprint density at radius 3 is 2.50 bits per heavy atom. The van der Waals surface area contributed by atoms with Gasteiger partial charge in [-0.3, -0.25) is 9.59 Å². The van der Waals surface area contributed by atoms with Crippen molar-refractivity contribution in [2.45, 2.75) is 25.7 Å². The van der Waals surface area contributed by atoms with Crippen molar-refractivity contribution in [1.29, 1.82) is 0 Å². The van der Waals surface area contributed by atoms with E-state index < -0.39 is 5.41 Å². The van der Waals surface area contributed by atoms with Crippen LogP contribution in [0.25, 0.3) is 0 Å². The first kappa shape index (κ1) is 22.7. The zero-order chi connectivity index (χ0) is 18.1. The van der Waals surface area contributed by atoms with Crippen LogP contribution in [0.15, 0.2) is 24.3 Å². The number of halogens is 2. The van der Waals surface area contributed by atoms with Crippen LogP contribution >= 0.6 is 24.0 Å². The van der Waals surface area contributed by atoms with Crippen LogP contribution in [0.2, 0.25) is 5.02 Å². The van der Waals surface area contributed by atoms with Crippen molar-refractivity contribution in [3.05, 3.63) is 29.3 Å². The highest BCUT2D eigenvalue weighted by Gasteiger charge is 2.39. The zero-order valence-electron chi connectivity index (χ0n) is 15.0.